The van der Waals surface area contributed by atoms with E-state index in [0.717, 1.165) is 48.3 Å². The maximum Gasteiger partial charge on any atom is 0.226 e. The minimum Gasteiger partial charge on any atom is -0.508 e. The first-order valence-electron chi connectivity index (χ1n) is 11.2. The number of Topliss-reactive ketones (excluding diaryl/α,β-unsaturated/α-hetero) is 1. The van der Waals surface area contributed by atoms with E-state index in [4.69, 9.17) is 10.1 Å². The molecule has 7 nitrogen and oxygen atoms in total. The number of aromatic nitrogens is 3. The number of phenolic OH excluding ortho intramolecular Hbond substituents is 1. The number of anilines is 2. The van der Waals surface area contributed by atoms with Gasteiger partial charge >= 0.3 is 0 Å². The predicted octanol–water partition coefficient (Wildman–Crippen LogP) is 4.52. The summed E-state index contributed by atoms with van der Waals surface area (Å²) in [5.74, 6) is 1.59. The Kier molecular flexibility index (Phi) is 5.17. The summed E-state index contributed by atoms with van der Waals surface area (Å²) in [5.41, 5.74) is 4.69. The summed E-state index contributed by atoms with van der Waals surface area (Å²) in [6, 6.07) is 14.9. The Morgan fingerprint density at radius 1 is 1.06 bits per heavy atom. The van der Waals surface area contributed by atoms with Crippen LogP contribution in [-0.2, 0) is 4.79 Å². The number of nitrogens with one attached hydrogen (secondary N) is 1. The van der Waals surface area contributed by atoms with E-state index in [1.165, 1.54) is 5.69 Å². The molecule has 0 saturated carbocycles. The number of hydrogen-bond donors (Lipinski definition) is 2. The number of benzene rings is 2. The number of ketones is 1. The Bertz CT molecular complexity index is 1170. The molecule has 2 aliphatic rings. The molecule has 3 aromatic rings. The van der Waals surface area contributed by atoms with Gasteiger partial charge in [-0.15, -0.1) is 5.10 Å². The van der Waals surface area contributed by atoms with Crippen molar-refractivity contribution in [2.75, 3.05) is 23.3 Å². The second-order valence-electron chi connectivity index (χ2n) is 8.21. The van der Waals surface area contributed by atoms with Crippen molar-refractivity contribution in [2.45, 2.75) is 39.2 Å². The second kappa shape index (κ2) is 8.15. The SMILES string of the molecule is CCN(CC)c1ccc(-c2nc3n(n2)C(c2ccc(O)cc2)C2=C(CCCC2=O)N3)cc1. The number of allylic oxidation sites excluding steroid dienone is 2. The lowest BCUT2D eigenvalue weighted by molar-refractivity contribution is -0.116. The first-order valence-corrected chi connectivity index (χ1v) is 11.2. The van der Waals surface area contributed by atoms with Crippen LogP contribution in [0.3, 0.4) is 0 Å². The molecule has 2 heterocycles. The van der Waals surface area contributed by atoms with Crippen LogP contribution >= 0.6 is 0 Å². The summed E-state index contributed by atoms with van der Waals surface area (Å²) in [6.07, 6.45) is 2.19. The fraction of sp³-hybridized carbons (Fsp3) is 0.320. The number of phenols is 1. The molecule has 7 heteroatoms. The maximum atomic E-state index is 12.9. The van der Waals surface area contributed by atoms with Crippen LogP contribution in [0.1, 0.15) is 44.7 Å². The van der Waals surface area contributed by atoms with E-state index in [0.29, 0.717) is 18.2 Å². The van der Waals surface area contributed by atoms with Crippen LogP contribution in [0.5, 0.6) is 5.75 Å². The summed E-state index contributed by atoms with van der Waals surface area (Å²) in [7, 11) is 0. The lowest BCUT2D eigenvalue weighted by atomic mass is 9.85. The molecule has 32 heavy (non-hydrogen) atoms. The van der Waals surface area contributed by atoms with Crippen molar-refractivity contribution in [1.82, 2.24) is 14.8 Å². The zero-order chi connectivity index (χ0) is 22.2. The highest BCUT2D eigenvalue weighted by Crippen LogP contribution is 2.41. The standard InChI is InChI=1S/C25H27N5O2/c1-3-29(4-2)18-12-8-17(9-13-18)24-27-25-26-20-6-5-7-21(32)22(20)23(30(25)28-24)16-10-14-19(31)15-11-16/h8-15,23,31H,3-7H2,1-2H3,(H,26,27,28). The molecular formula is C25H27N5O2. The van der Waals surface area contributed by atoms with Gasteiger partial charge in [0.2, 0.25) is 5.95 Å². The zero-order valence-corrected chi connectivity index (χ0v) is 18.4. The van der Waals surface area contributed by atoms with E-state index < -0.39 is 0 Å². The van der Waals surface area contributed by atoms with E-state index in [2.05, 4.69) is 36.2 Å². The Labute approximate surface area is 187 Å². The largest absolute Gasteiger partial charge is 0.508 e. The van der Waals surface area contributed by atoms with Gasteiger partial charge in [0.05, 0.1) is 0 Å². The molecule has 1 aliphatic carbocycles. The Hall–Kier alpha value is -3.61. The van der Waals surface area contributed by atoms with Gasteiger partial charge in [0.15, 0.2) is 11.6 Å². The van der Waals surface area contributed by atoms with E-state index in [1.54, 1.807) is 12.1 Å². The van der Waals surface area contributed by atoms with Crippen LogP contribution in [0, 0.1) is 0 Å². The van der Waals surface area contributed by atoms with Crippen molar-refractivity contribution in [3.05, 3.63) is 65.4 Å². The summed E-state index contributed by atoms with van der Waals surface area (Å²) in [6.45, 7) is 6.20. The Balaban J connectivity index is 1.57. The van der Waals surface area contributed by atoms with Crippen molar-refractivity contribution in [3.8, 4) is 17.1 Å². The van der Waals surface area contributed by atoms with Gasteiger partial charge < -0.3 is 15.3 Å². The average Bonchev–Trinajstić information content (AvgIpc) is 3.24. The normalized spacial score (nSPS) is 17.6. The molecule has 1 atom stereocenters. The number of carbonyl (C=O) groups is 1. The minimum atomic E-state index is -0.356. The molecule has 0 spiro atoms. The highest BCUT2D eigenvalue weighted by atomic mass is 16.3. The first-order chi connectivity index (χ1) is 15.6. The smallest absolute Gasteiger partial charge is 0.226 e. The van der Waals surface area contributed by atoms with Crippen LogP contribution in [0.15, 0.2) is 59.8 Å². The van der Waals surface area contributed by atoms with Gasteiger partial charge in [-0.25, -0.2) is 4.68 Å². The molecule has 0 fully saturated rings. The molecule has 0 amide bonds. The molecule has 164 valence electrons. The van der Waals surface area contributed by atoms with Gasteiger partial charge in [-0.2, -0.15) is 4.98 Å². The third kappa shape index (κ3) is 3.43. The summed E-state index contributed by atoms with van der Waals surface area (Å²) in [5, 5.41) is 17.9. The third-order valence-electron chi connectivity index (χ3n) is 6.33. The van der Waals surface area contributed by atoms with Gasteiger partial charge in [0, 0.05) is 42.0 Å². The molecule has 1 aromatic heterocycles. The average molecular weight is 430 g/mol. The molecule has 2 N–H and O–H groups in total. The zero-order valence-electron chi connectivity index (χ0n) is 18.4. The van der Waals surface area contributed by atoms with Gasteiger partial charge in [0.1, 0.15) is 11.8 Å². The third-order valence-corrected chi connectivity index (χ3v) is 6.33. The number of aromatic hydroxyl groups is 1. The van der Waals surface area contributed by atoms with Crippen LogP contribution in [0.25, 0.3) is 11.4 Å². The van der Waals surface area contributed by atoms with Crippen LogP contribution < -0.4 is 10.2 Å². The Morgan fingerprint density at radius 2 is 1.78 bits per heavy atom. The molecule has 2 aromatic carbocycles. The van der Waals surface area contributed by atoms with Crippen molar-refractivity contribution in [2.24, 2.45) is 0 Å². The summed E-state index contributed by atoms with van der Waals surface area (Å²) >= 11 is 0. The van der Waals surface area contributed by atoms with Gasteiger partial charge in [-0.1, -0.05) is 12.1 Å². The monoisotopic (exact) mass is 429 g/mol. The van der Waals surface area contributed by atoms with Gasteiger partial charge in [-0.3, -0.25) is 4.79 Å². The molecular weight excluding hydrogens is 402 g/mol. The molecule has 0 radical (unpaired) electrons. The van der Waals surface area contributed by atoms with Crippen LogP contribution in [-0.4, -0.2) is 38.7 Å². The number of rotatable bonds is 5. The second-order valence-corrected chi connectivity index (χ2v) is 8.21. The molecule has 1 unspecified atom stereocenters. The topological polar surface area (TPSA) is 83.3 Å². The van der Waals surface area contributed by atoms with Crippen LogP contribution in [0.2, 0.25) is 0 Å². The van der Waals surface area contributed by atoms with Gasteiger partial charge in [0.25, 0.3) is 0 Å². The molecule has 1 aliphatic heterocycles. The molecule has 0 bridgehead atoms. The summed E-state index contributed by atoms with van der Waals surface area (Å²) in [4.78, 5) is 20.0. The van der Waals surface area contributed by atoms with Crippen molar-refractivity contribution in [1.29, 1.82) is 0 Å². The van der Waals surface area contributed by atoms with E-state index in [1.807, 2.05) is 28.9 Å². The minimum absolute atomic E-state index is 0.142. The van der Waals surface area contributed by atoms with Gasteiger partial charge in [-0.05, 0) is 68.7 Å². The number of fused-ring (bicyclic) bond motifs is 1. The highest BCUT2D eigenvalue weighted by Gasteiger charge is 2.36. The quantitative estimate of drug-likeness (QED) is 0.621. The number of nitrogens with zero attached hydrogens (tertiary/aromatic N) is 4. The predicted molar refractivity (Wildman–Crippen MR) is 125 cm³/mol. The van der Waals surface area contributed by atoms with E-state index in [9.17, 15) is 9.90 Å². The summed E-state index contributed by atoms with van der Waals surface area (Å²) < 4.78 is 1.81. The molecule has 5 rings (SSSR count). The number of hydrogen-bond acceptors (Lipinski definition) is 6. The molecule has 0 saturated heterocycles. The fourth-order valence-electron chi connectivity index (χ4n) is 4.65. The lowest BCUT2D eigenvalue weighted by Crippen LogP contribution is -2.31. The van der Waals surface area contributed by atoms with Crippen LogP contribution in [0.4, 0.5) is 11.6 Å². The lowest BCUT2D eigenvalue weighted by Gasteiger charge is -2.32. The fourth-order valence-corrected chi connectivity index (χ4v) is 4.65. The van der Waals surface area contributed by atoms with E-state index >= 15 is 0 Å². The van der Waals surface area contributed by atoms with Crippen molar-refractivity contribution >= 4 is 17.4 Å². The van der Waals surface area contributed by atoms with E-state index in [-0.39, 0.29) is 17.6 Å². The maximum absolute atomic E-state index is 12.9. The Morgan fingerprint density at radius 3 is 2.47 bits per heavy atom. The van der Waals surface area contributed by atoms with Crippen molar-refractivity contribution in [3.63, 3.8) is 0 Å². The number of carbonyl (C=O) groups excluding carboxylic acids is 1. The first kappa shape index (κ1) is 20.3. The highest BCUT2D eigenvalue weighted by molar-refractivity contribution is 5.99. The van der Waals surface area contributed by atoms with Crippen molar-refractivity contribution < 1.29 is 9.90 Å².